The first-order chi connectivity index (χ1) is 12.3. The molecule has 25 heavy (non-hydrogen) atoms. The van der Waals surface area contributed by atoms with Crippen LogP contribution in [-0.4, -0.2) is 58.7 Å². The van der Waals surface area contributed by atoms with E-state index in [-0.39, 0.29) is 0 Å². The fourth-order valence-corrected chi connectivity index (χ4v) is 4.91. The fourth-order valence-electron chi connectivity index (χ4n) is 4.91. The molecule has 6 nitrogen and oxygen atoms in total. The van der Waals surface area contributed by atoms with E-state index in [9.17, 15) is 0 Å². The number of methoxy groups -OCH3 is 1. The highest BCUT2D eigenvalue weighted by Crippen LogP contribution is 2.45. The fraction of sp³-hybridized carbons (Fsp3) is 0.895. The molecule has 6 heteroatoms. The van der Waals surface area contributed by atoms with E-state index >= 15 is 0 Å². The van der Waals surface area contributed by atoms with E-state index in [2.05, 4.69) is 19.7 Å². The van der Waals surface area contributed by atoms with Crippen LogP contribution in [0.5, 0.6) is 0 Å². The van der Waals surface area contributed by atoms with Crippen LogP contribution in [0.2, 0.25) is 0 Å². The zero-order valence-electron chi connectivity index (χ0n) is 15.3. The Balaban J connectivity index is 1.37. The SMILES string of the molecule is COC1CCCC1C1COCCN1Cc1nnc(C2CC2)n1C1CC1. The molecule has 4 aliphatic rings. The molecule has 0 spiro atoms. The summed E-state index contributed by atoms with van der Waals surface area (Å²) < 4.78 is 14.1. The van der Waals surface area contributed by atoms with E-state index in [1.807, 2.05) is 7.11 Å². The summed E-state index contributed by atoms with van der Waals surface area (Å²) in [6.07, 6.45) is 9.29. The molecular formula is C19H30N4O2. The number of ether oxygens (including phenoxy) is 2. The highest BCUT2D eigenvalue weighted by molar-refractivity contribution is 5.12. The van der Waals surface area contributed by atoms with Gasteiger partial charge in [-0.15, -0.1) is 10.2 Å². The molecule has 0 bridgehead atoms. The van der Waals surface area contributed by atoms with Crippen LogP contribution in [0.15, 0.2) is 0 Å². The Morgan fingerprint density at radius 3 is 2.76 bits per heavy atom. The molecule has 0 radical (unpaired) electrons. The smallest absolute Gasteiger partial charge is 0.147 e. The number of hydrogen-bond acceptors (Lipinski definition) is 5. The van der Waals surface area contributed by atoms with Crippen molar-refractivity contribution in [2.75, 3.05) is 26.9 Å². The second kappa shape index (κ2) is 6.63. The number of nitrogens with zero attached hydrogens (tertiary/aromatic N) is 4. The average molecular weight is 346 g/mol. The molecule has 0 aromatic carbocycles. The van der Waals surface area contributed by atoms with Crippen molar-refractivity contribution in [1.29, 1.82) is 0 Å². The van der Waals surface area contributed by atoms with Crippen LogP contribution in [0.4, 0.5) is 0 Å². The summed E-state index contributed by atoms with van der Waals surface area (Å²) in [7, 11) is 1.86. The summed E-state index contributed by atoms with van der Waals surface area (Å²) in [5.74, 6) is 3.71. The van der Waals surface area contributed by atoms with Crippen molar-refractivity contribution < 1.29 is 9.47 Å². The van der Waals surface area contributed by atoms with Crippen molar-refractivity contribution >= 4 is 0 Å². The molecule has 1 aromatic heterocycles. The Morgan fingerprint density at radius 1 is 1.12 bits per heavy atom. The van der Waals surface area contributed by atoms with Crippen LogP contribution in [0.25, 0.3) is 0 Å². The maximum absolute atomic E-state index is 5.86. The number of aromatic nitrogens is 3. The summed E-state index contributed by atoms with van der Waals surface area (Å²) in [5, 5.41) is 9.22. The second-order valence-electron chi connectivity index (χ2n) is 8.33. The Bertz CT molecular complexity index is 611. The molecule has 3 aliphatic carbocycles. The molecule has 1 aromatic rings. The highest BCUT2D eigenvalue weighted by atomic mass is 16.5. The first kappa shape index (κ1) is 16.2. The molecule has 3 saturated carbocycles. The third-order valence-corrected chi connectivity index (χ3v) is 6.57. The van der Waals surface area contributed by atoms with Crippen molar-refractivity contribution in [3.05, 3.63) is 11.6 Å². The molecule has 3 atom stereocenters. The molecule has 3 unspecified atom stereocenters. The van der Waals surface area contributed by atoms with E-state index in [1.165, 1.54) is 56.6 Å². The molecule has 4 fully saturated rings. The van der Waals surface area contributed by atoms with Gasteiger partial charge in [0.25, 0.3) is 0 Å². The maximum atomic E-state index is 5.86. The van der Waals surface area contributed by atoms with Crippen molar-refractivity contribution in [2.45, 2.75) is 75.6 Å². The molecule has 5 rings (SSSR count). The van der Waals surface area contributed by atoms with E-state index in [1.54, 1.807) is 0 Å². The zero-order chi connectivity index (χ0) is 16.8. The van der Waals surface area contributed by atoms with Crippen molar-refractivity contribution in [2.24, 2.45) is 5.92 Å². The summed E-state index contributed by atoms with van der Waals surface area (Å²) in [6, 6.07) is 1.12. The summed E-state index contributed by atoms with van der Waals surface area (Å²) in [6.45, 7) is 3.57. The van der Waals surface area contributed by atoms with Gasteiger partial charge in [-0.3, -0.25) is 4.90 Å². The lowest BCUT2D eigenvalue weighted by atomic mass is 9.94. The third-order valence-electron chi connectivity index (χ3n) is 6.57. The molecule has 0 N–H and O–H groups in total. The Labute approximate surface area is 149 Å². The van der Waals surface area contributed by atoms with Gasteiger partial charge in [0.1, 0.15) is 11.6 Å². The Morgan fingerprint density at radius 2 is 2.00 bits per heavy atom. The first-order valence-electron chi connectivity index (χ1n) is 10.1. The van der Waals surface area contributed by atoms with Crippen molar-refractivity contribution in [1.82, 2.24) is 19.7 Å². The van der Waals surface area contributed by atoms with Gasteiger partial charge in [0.05, 0.1) is 25.9 Å². The lowest BCUT2D eigenvalue weighted by Crippen LogP contribution is -2.51. The molecular weight excluding hydrogens is 316 g/mol. The third kappa shape index (κ3) is 3.13. The molecule has 0 amide bonds. The van der Waals surface area contributed by atoms with Gasteiger partial charge in [0, 0.05) is 37.6 Å². The van der Waals surface area contributed by atoms with E-state index < -0.39 is 0 Å². The van der Waals surface area contributed by atoms with Crippen molar-refractivity contribution in [3.63, 3.8) is 0 Å². The summed E-state index contributed by atoms with van der Waals surface area (Å²) in [4.78, 5) is 2.60. The van der Waals surface area contributed by atoms with Crippen LogP contribution >= 0.6 is 0 Å². The topological polar surface area (TPSA) is 52.4 Å². The minimum absolute atomic E-state index is 0.387. The van der Waals surface area contributed by atoms with Gasteiger partial charge in [0.15, 0.2) is 0 Å². The highest BCUT2D eigenvalue weighted by Gasteiger charge is 2.40. The first-order valence-corrected chi connectivity index (χ1v) is 10.1. The number of morpholine rings is 1. The van der Waals surface area contributed by atoms with Gasteiger partial charge in [-0.2, -0.15) is 0 Å². The van der Waals surface area contributed by atoms with Gasteiger partial charge in [-0.1, -0.05) is 6.42 Å². The standard InChI is InChI=1S/C19H30N4O2/c1-24-17-4-2-3-15(17)16-12-25-10-9-22(16)11-18-20-21-19(13-5-6-13)23(18)14-7-8-14/h13-17H,2-12H2,1H3. The van der Waals surface area contributed by atoms with Gasteiger partial charge >= 0.3 is 0 Å². The van der Waals surface area contributed by atoms with Crippen LogP contribution in [0.1, 0.15) is 68.6 Å². The lowest BCUT2D eigenvalue weighted by Gasteiger charge is -2.40. The van der Waals surface area contributed by atoms with E-state index in [0.29, 0.717) is 30.0 Å². The van der Waals surface area contributed by atoms with Gasteiger partial charge in [-0.25, -0.2) is 0 Å². The largest absolute Gasteiger partial charge is 0.381 e. The number of rotatable bonds is 6. The van der Waals surface area contributed by atoms with Crippen LogP contribution in [0, 0.1) is 5.92 Å². The van der Waals surface area contributed by atoms with Gasteiger partial charge in [0.2, 0.25) is 0 Å². The van der Waals surface area contributed by atoms with E-state index in [0.717, 1.165) is 26.3 Å². The lowest BCUT2D eigenvalue weighted by molar-refractivity contribution is -0.0619. The Kier molecular flexibility index (Phi) is 4.30. The van der Waals surface area contributed by atoms with Crippen LogP contribution in [-0.2, 0) is 16.0 Å². The predicted octanol–water partition coefficient (Wildman–Crippen LogP) is 2.51. The summed E-state index contributed by atoms with van der Waals surface area (Å²) in [5.41, 5.74) is 0. The number of hydrogen-bond donors (Lipinski definition) is 0. The molecule has 1 saturated heterocycles. The second-order valence-corrected chi connectivity index (χ2v) is 8.33. The minimum atomic E-state index is 0.387. The maximum Gasteiger partial charge on any atom is 0.147 e. The molecule has 138 valence electrons. The molecule has 2 heterocycles. The van der Waals surface area contributed by atoms with E-state index in [4.69, 9.17) is 9.47 Å². The normalized spacial score (nSPS) is 33.9. The monoisotopic (exact) mass is 346 g/mol. The average Bonchev–Trinajstić information content (AvgIpc) is 3.57. The molecule has 1 aliphatic heterocycles. The van der Waals surface area contributed by atoms with Crippen LogP contribution < -0.4 is 0 Å². The van der Waals surface area contributed by atoms with Crippen molar-refractivity contribution in [3.8, 4) is 0 Å². The van der Waals surface area contributed by atoms with Crippen LogP contribution in [0.3, 0.4) is 0 Å². The minimum Gasteiger partial charge on any atom is -0.381 e. The Hall–Kier alpha value is -0.980. The zero-order valence-corrected chi connectivity index (χ0v) is 15.3. The van der Waals surface area contributed by atoms with Gasteiger partial charge < -0.3 is 14.0 Å². The quantitative estimate of drug-likeness (QED) is 0.792. The predicted molar refractivity (Wildman–Crippen MR) is 93.4 cm³/mol. The summed E-state index contributed by atoms with van der Waals surface area (Å²) >= 11 is 0. The van der Waals surface area contributed by atoms with Gasteiger partial charge in [-0.05, 0) is 38.5 Å².